The van der Waals surface area contributed by atoms with Crippen LogP contribution >= 0.6 is 0 Å². The molecule has 1 heterocycles. The first-order chi connectivity index (χ1) is 27.3. The van der Waals surface area contributed by atoms with Crippen LogP contribution in [0.1, 0.15) is 0 Å². The zero-order chi connectivity index (χ0) is 36.8. The maximum absolute atomic E-state index is 2.37. The van der Waals surface area contributed by atoms with Gasteiger partial charge in [0.25, 0.3) is 0 Å². The molecule has 0 saturated heterocycles. The van der Waals surface area contributed by atoms with Gasteiger partial charge in [0, 0.05) is 11.1 Å². The van der Waals surface area contributed by atoms with Gasteiger partial charge in [-0.25, -0.2) is 0 Å². The number of fused-ring (bicyclic) bond motifs is 3. The van der Waals surface area contributed by atoms with Crippen LogP contribution in [0, 0.1) is 0 Å². The van der Waals surface area contributed by atoms with Gasteiger partial charge in [0.15, 0.2) is 0 Å². The molecule has 0 N–H and O–H groups in total. The van der Waals surface area contributed by atoms with E-state index >= 15 is 0 Å². The summed E-state index contributed by atoms with van der Waals surface area (Å²) in [7, 11) is 0. The number of benzene rings is 7. The molecule has 9 rings (SSSR count). The zero-order valence-corrected chi connectivity index (χ0v) is 32.5. The molecule has 9 aromatic rings. The van der Waals surface area contributed by atoms with E-state index < -0.39 is 14.3 Å². The summed E-state index contributed by atoms with van der Waals surface area (Å²) in [5, 5.41) is 2.45. The average Bonchev–Trinajstić information content (AvgIpc) is 3.59. The maximum atomic E-state index is 2.37. The first-order valence-corrected chi connectivity index (χ1v) is 21.9. The third-order valence-electron chi connectivity index (χ3n) is 10.1. The second-order valence-electron chi connectivity index (χ2n) is 13.6. The van der Waals surface area contributed by atoms with Crippen molar-refractivity contribution in [3.05, 3.63) is 237 Å². The summed E-state index contributed by atoms with van der Waals surface area (Å²) in [4.78, 5) is 2.36. The van der Waals surface area contributed by atoms with Gasteiger partial charge in [-0.2, -0.15) is 0 Å². The summed E-state index contributed by atoms with van der Waals surface area (Å²) in [6.45, 7) is 0. The van der Waals surface area contributed by atoms with Gasteiger partial charge in [-0.1, -0.05) is 66.7 Å². The monoisotopic (exact) mass is 765 g/mol. The van der Waals surface area contributed by atoms with Crippen molar-refractivity contribution in [2.75, 3.05) is 4.90 Å². The fourth-order valence-electron chi connectivity index (χ4n) is 7.58. The first kappa shape index (κ1) is 34.2. The second kappa shape index (κ2) is 15.8. The van der Waals surface area contributed by atoms with Gasteiger partial charge in [0.05, 0.1) is 11.0 Å². The van der Waals surface area contributed by atoms with Crippen molar-refractivity contribution in [3.63, 3.8) is 0 Å². The van der Waals surface area contributed by atoms with Crippen LogP contribution in [0.4, 0.5) is 17.1 Å². The van der Waals surface area contributed by atoms with Crippen molar-refractivity contribution < 1.29 is 0 Å². The molecular weight excluding hydrogens is 725 g/mol. The summed E-state index contributed by atoms with van der Waals surface area (Å²) in [5.41, 5.74) is 9.21. The third kappa shape index (κ3) is 7.08. The molecule has 8 aromatic carbocycles. The molecular formula is C52H39GeN2. The van der Waals surface area contributed by atoms with Crippen LogP contribution in [0.5, 0.6) is 0 Å². The molecule has 55 heavy (non-hydrogen) atoms. The van der Waals surface area contributed by atoms with Crippen molar-refractivity contribution in [2.45, 2.75) is 0 Å². The van der Waals surface area contributed by atoms with Crippen LogP contribution in [0.15, 0.2) is 237 Å². The van der Waals surface area contributed by atoms with Gasteiger partial charge in [-0.15, -0.1) is 0 Å². The van der Waals surface area contributed by atoms with Gasteiger partial charge in [0.1, 0.15) is 0 Å². The Labute approximate surface area is 327 Å². The van der Waals surface area contributed by atoms with Crippen LogP contribution in [0.3, 0.4) is 0 Å². The van der Waals surface area contributed by atoms with Gasteiger partial charge >= 0.3 is 218 Å². The zero-order valence-electron chi connectivity index (χ0n) is 30.4. The van der Waals surface area contributed by atoms with Crippen LogP contribution in [0.2, 0.25) is 0 Å². The van der Waals surface area contributed by atoms with E-state index in [2.05, 4.69) is 240 Å². The van der Waals surface area contributed by atoms with Crippen molar-refractivity contribution >= 4 is 66.4 Å². The predicted molar refractivity (Wildman–Crippen MR) is 236 cm³/mol. The van der Waals surface area contributed by atoms with E-state index in [0.717, 1.165) is 22.7 Å². The third-order valence-corrected chi connectivity index (χ3v) is 15.9. The van der Waals surface area contributed by atoms with Crippen molar-refractivity contribution in [1.82, 2.24) is 4.57 Å². The Morgan fingerprint density at radius 1 is 0.309 bits per heavy atom. The van der Waals surface area contributed by atoms with Gasteiger partial charge in [-0.05, 0) is 18.2 Å². The molecule has 0 aliphatic rings. The molecule has 0 aliphatic carbocycles. The molecule has 0 aliphatic heterocycles. The molecule has 1 aromatic heterocycles. The number of para-hydroxylation sites is 2. The minimum absolute atomic E-state index is 1.07. The quantitative estimate of drug-likeness (QED) is 0.140. The molecule has 0 unspecified atom stereocenters. The van der Waals surface area contributed by atoms with Gasteiger partial charge in [-0.3, -0.25) is 0 Å². The normalized spacial score (nSPS) is 11.1. The number of hydrogen-bond donors (Lipinski definition) is 0. The fraction of sp³-hybridized carbons (Fsp3) is 0. The Morgan fingerprint density at radius 3 is 1.35 bits per heavy atom. The SMILES string of the molecule is c1ccccc(N(c2ccc(-c3cc[c]([Ge]([c]4ccccc4)[c]4ccccc4)cc3)cc2)c2ccc3c(c2)c2ccccc2n3-c2ccccc2)cccc1. The molecule has 0 fully saturated rings. The van der Waals surface area contributed by atoms with Crippen molar-refractivity contribution in [1.29, 1.82) is 0 Å². The molecule has 0 saturated carbocycles. The van der Waals surface area contributed by atoms with Gasteiger partial charge < -0.3 is 4.57 Å². The van der Waals surface area contributed by atoms with E-state index in [0.29, 0.717) is 0 Å². The number of hydrogen-bond acceptors (Lipinski definition) is 1. The smallest absolute Gasteiger partial charge is 0.0623 e. The first-order valence-electron chi connectivity index (χ1n) is 18.8. The van der Waals surface area contributed by atoms with Crippen LogP contribution in [-0.4, -0.2) is 18.9 Å². The van der Waals surface area contributed by atoms with E-state index in [1.54, 1.807) is 0 Å². The van der Waals surface area contributed by atoms with Crippen LogP contribution < -0.4 is 18.1 Å². The summed E-state index contributed by atoms with van der Waals surface area (Å²) >= 11 is -1.95. The summed E-state index contributed by atoms with van der Waals surface area (Å²) < 4.78 is 6.73. The minimum Gasteiger partial charge on any atom is -0.0623 e. The number of aromatic nitrogens is 1. The molecule has 1 radical (unpaired) electrons. The number of rotatable bonds is 8. The number of nitrogens with zero attached hydrogens (tertiary/aromatic N) is 2. The van der Waals surface area contributed by atoms with Crippen LogP contribution in [0.25, 0.3) is 38.6 Å². The molecule has 0 spiro atoms. The molecule has 0 amide bonds. The molecule has 2 nitrogen and oxygen atoms in total. The average molecular weight is 765 g/mol. The molecule has 0 atom stereocenters. The Kier molecular flexibility index (Phi) is 9.80. The Morgan fingerprint density at radius 2 is 0.727 bits per heavy atom. The number of anilines is 3. The summed E-state index contributed by atoms with van der Waals surface area (Å²) in [6, 6.07) is 85.5. The molecule has 0 bridgehead atoms. The topological polar surface area (TPSA) is 8.17 Å². The summed E-state index contributed by atoms with van der Waals surface area (Å²) in [5.74, 6) is 0. The second-order valence-corrected chi connectivity index (χ2v) is 18.8. The van der Waals surface area contributed by atoms with Crippen LogP contribution in [-0.2, 0) is 0 Å². The Balaban J connectivity index is 1.12. The standard InChI is InChI=1S/C52H39GeN2/c1-2-4-13-23-45(24-14-5-3-1)54(48-37-38-52-50(39-48)49-27-17-18-28-51(49)55(52)46-25-15-8-16-26-46)47-35-31-41(32-36-47)40-29-33-44(34-30-40)53(42-19-9-6-10-20-42)43-21-11-7-12-22-43/h1-39H. The summed E-state index contributed by atoms with van der Waals surface area (Å²) in [6.07, 6.45) is 0. The van der Waals surface area contributed by atoms with E-state index in [1.807, 2.05) is 6.07 Å². The molecule has 3 heteroatoms. The van der Waals surface area contributed by atoms with E-state index in [4.69, 9.17) is 0 Å². The van der Waals surface area contributed by atoms with Gasteiger partial charge in [0.2, 0.25) is 0 Å². The predicted octanol–water partition coefficient (Wildman–Crippen LogP) is 11.6. The van der Waals surface area contributed by atoms with E-state index in [1.165, 1.54) is 46.1 Å². The van der Waals surface area contributed by atoms with Crippen molar-refractivity contribution in [2.24, 2.45) is 0 Å². The van der Waals surface area contributed by atoms with Crippen molar-refractivity contribution in [3.8, 4) is 16.8 Å². The van der Waals surface area contributed by atoms with E-state index in [-0.39, 0.29) is 0 Å². The fourth-order valence-corrected chi connectivity index (χ4v) is 12.9. The Bertz CT molecular complexity index is 2680. The van der Waals surface area contributed by atoms with E-state index in [9.17, 15) is 0 Å². The molecule has 261 valence electrons. The minimum atomic E-state index is -1.95. The Hall–Kier alpha value is -6.62.